The average molecular weight is 484 g/mol. The zero-order valence-corrected chi connectivity index (χ0v) is 20.7. The number of carbonyl (C=O) groups excluding carboxylic acids is 2. The second-order valence-corrected chi connectivity index (χ2v) is 11.1. The Kier molecular flexibility index (Phi) is 8.47. The number of nitrogens with one attached hydrogen (secondary N) is 1. The van der Waals surface area contributed by atoms with Gasteiger partial charge in [0.1, 0.15) is 17.1 Å². The number of esters is 1. The number of amides is 1. The summed E-state index contributed by atoms with van der Waals surface area (Å²) < 4.78 is 42.7. The van der Waals surface area contributed by atoms with Gasteiger partial charge in [-0.2, -0.15) is 4.31 Å². The lowest BCUT2D eigenvalue weighted by atomic mass is 9.81. The Morgan fingerprint density at radius 2 is 1.88 bits per heavy atom. The van der Waals surface area contributed by atoms with E-state index in [-0.39, 0.29) is 43.0 Å². The average Bonchev–Trinajstić information content (AvgIpc) is 2.75. The van der Waals surface area contributed by atoms with E-state index in [4.69, 9.17) is 14.2 Å². The van der Waals surface area contributed by atoms with Gasteiger partial charge in [-0.15, -0.1) is 0 Å². The Labute approximate surface area is 195 Å². The standard InChI is InChI=1S/C22H33N3O7S/c1-16(13-24-20(27)32-21(2,3)4)15-31-18-8-7-17(14-23-18)33(28,29)25-11-9-22(5,10-12-25)19(26)30-6/h7-8,14H,1,9-13,15H2,2-6H3,(H,24,27). The lowest BCUT2D eigenvalue weighted by Crippen LogP contribution is -2.45. The molecule has 2 rings (SSSR count). The van der Waals surface area contributed by atoms with Crippen LogP contribution >= 0.6 is 0 Å². The summed E-state index contributed by atoms with van der Waals surface area (Å²) in [6.45, 7) is 11.6. The third-order valence-corrected chi connectivity index (χ3v) is 7.04. The number of pyridine rings is 1. The number of ether oxygens (including phenoxy) is 3. The van der Waals surface area contributed by atoms with Gasteiger partial charge in [-0.1, -0.05) is 6.58 Å². The van der Waals surface area contributed by atoms with E-state index >= 15 is 0 Å². The molecule has 0 aromatic carbocycles. The van der Waals surface area contributed by atoms with Crippen molar-refractivity contribution in [1.29, 1.82) is 0 Å². The predicted octanol–water partition coefficient (Wildman–Crippen LogP) is 2.51. The Hall–Kier alpha value is -2.66. The zero-order chi connectivity index (χ0) is 24.9. The van der Waals surface area contributed by atoms with E-state index < -0.39 is 27.1 Å². The maximum atomic E-state index is 12.9. The highest BCUT2D eigenvalue weighted by Crippen LogP contribution is 2.34. The fourth-order valence-corrected chi connectivity index (χ4v) is 4.55. The van der Waals surface area contributed by atoms with Crippen molar-refractivity contribution in [3.05, 3.63) is 30.5 Å². The summed E-state index contributed by atoms with van der Waals surface area (Å²) in [5.74, 6) is -0.102. The molecule has 0 radical (unpaired) electrons. The smallest absolute Gasteiger partial charge is 0.407 e. The summed E-state index contributed by atoms with van der Waals surface area (Å²) in [7, 11) is -2.41. The molecular formula is C22H33N3O7S. The van der Waals surface area contributed by atoms with E-state index in [9.17, 15) is 18.0 Å². The molecular weight excluding hydrogens is 450 g/mol. The molecule has 184 valence electrons. The van der Waals surface area contributed by atoms with Gasteiger partial charge in [0.25, 0.3) is 0 Å². The third-order valence-electron chi connectivity index (χ3n) is 5.16. The van der Waals surface area contributed by atoms with Crippen molar-refractivity contribution in [3.8, 4) is 5.88 Å². The summed E-state index contributed by atoms with van der Waals surface area (Å²) in [6.07, 6.45) is 1.45. The molecule has 1 aliphatic heterocycles. The molecule has 0 spiro atoms. The second kappa shape index (κ2) is 10.5. The molecule has 1 aromatic rings. The Balaban J connectivity index is 1.87. The van der Waals surface area contributed by atoms with Gasteiger partial charge < -0.3 is 19.5 Å². The van der Waals surface area contributed by atoms with Gasteiger partial charge in [-0.05, 0) is 52.2 Å². The van der Waals surface area contributed by atoms with Gasteiger partial charge in [-0.3, -0.25) is 4.79 Å². The Morgan fingerprint density at radius 1 is 1.24 bits per heavy atom. The fraction of sp³-hybridized carbons (Fsp3) is 0.591. The van der Waals surface area contributed by atoms with Crippen molar-refractivity contribution in [2.75, 3.05) is 33.4 Å². The predicted molar refractivity (Wildman–Crippen MR) is 121 cm³/mol. The molecule has 1 aromatic heterocycles. The molecule has 10 nitrogen and oxygen atoms in total. The van der Waals surface area contributed by atoms with Crippen molar-refractivity contribution in [2.45, 2.75) is 51.0 Å². The molecule has 1 aliphatic rings. The van der Waals surface area contributed by atoms with Gasteiger partial charge in [0, 0.05) is 25.7 Å². The highest BCUT2D eigenvalue weighted by Gasteiger charge is 2.41. The van der Waals surface area contributed by atoms with E-state index in [1.807, 2.05) is 0 Å². The molecule has 0 bridgehead atoms. The summed E-state index contributed by atoms with van der Waals surface area (Å²) >= 11 is 0. The SMILES string of the molecule is C=C(CNC(=O)OC(C)(C)C)COc1ccc(S(=O)(=O)N2CCC(C)(C(=O)OC)CC2)cn1. The topological polar surface area (TPSA) is 124 Å². The van der Waals surface area contributed by atoms with Crippen LogP contribution in [0.15, 0.2) is 35.4 Å². The molecule has 1 fully saturated rings. The van der Waals surface area contributed by atoms with Gasteiger partial charge >= 0.3 is 12.1 Å². The van der Waals surface area contributed by atoms with Crippen LogP contribution in [0.25, 0.3) is 0 Å². The van der Waals surface area contributed by atoms with Gasteiger partial charge in [-0.25, -0.2) is 18.2 Å². The van der Waals surface area contributed by atoms with Gasteiger partial charge in [0.2, 0.25) is 15.9 Å². The van der Waals surface area contributed by atoms with Crippen LogP contribution in [0, 0.1) is 5.41 Å². The number of methoxy groups -OCH3 is 1. The van der Waals surface area contributed by atoms with Crippen LogP contribution in [0.4, 0.5) is 4.79 Å². The van der Waals surface area contributed by atoms with E-state index in [1.165, 1.54) is 29.7 Å². The number of hydrogen-bond donors (Lipinski definition) is 1. The van der Waals surface area contributed by atoms with Crippen LogP contribution in [0.2, 0.25) is 0 Å². The summed E-state index contributed by atoms with van der Waals surface area (Å²) in [6, 6.07) is 2.89. The van der Waals surface area contributed by atoms with Crippen LogP contribution in [0.3, 0.4) is 0 Å². The molecule has 0 aliphatic carbocycles. The quantitative estimate of drug-likeness (QED) is 0.442. The summed E-state index contributed by atoms with van der Waals surface area (Å²) in [4.78, 5) is 27.7. The summed E-state index contributed by atoms with van der Waals surface area (Å²) in [5.41, 5.74) is -0.693. The molecule has 2 heterocycles. The molecule has 0 saturated carbocycles. The highest BCUT2D eigenvalue weighted by molar-refractivity contribution is 7.89. The monoisotopic (exact) mass is 483 g/mol. The Bertz CT molecular complexity index is 961. The number of carbonyl (C=O) groups is 2. The molecule has 11 heteroatoms. The molecule has 1 N–H and O–H groups in total. The first-order valence-electron chi connectivity index (χ1n) is 10.6. The summed E-state index contributed by atoms with van der Waals surface area (Å²) in [5, 5.41) is 2.58. The van der Waals surface area contributed by atoms with Crippen molar-refractivity contribution < 1.29 is 32.2 Å². The van der Waals surface area contributed by atoms with Crippen molar-refractivity contribution in [1.82, 2.24) is 14.6 Å². The van der Waals surface area contributed by atoms with Crippen LogP contribution in [-0.4, -0.2) is 68.7 Å². The number of piperidine rings is 1. The number of hydrogen-bond acceptors (Lipinski definition) is 8. The maximum absolute atomic E-state index is 12.9. The molecule has 1 saturated heterocycles. The minimum atomic E-state index is -3.74. The number of sulfonamides is 1. The lowest BCUT2D eigenvalue weighted by Gasteiger charge is -2.36. The third kappa shape index (κ3) is 7.43. The number of rotatable bonds is 8. The minimum Gasteiger partial charge on any atom is -0.473 e. The van der Waals surface area contributed by atoms with E-state index in [0.29, 0.717) is 18.4 Å². The van der Waals surface area contributed by atoms with Crippen LogP contribution in [0.1, 0.15) is 40.5 Å². The highest BCUT2D eigenvalue weighted by atomic mass is 32.2. The van der Waals surface area contributed by atoms with E-state index in [1.54, 1.807) is 27.7 Å². The second-order valence-electron chi connectivity index (χ2n) is 9.18. The molecule has 0 unspecified atom stereocenters. The van der Waals surface area contributed by atoms with Crippen LogP contribution in [-0.2, 0) is 24.3 Å². The maximum Gasteiger partial charge on any atom is 0.407 e. The zero-order valence-electron chi connectivity index (χ0n) is 19.8. The van der Waals surface area contributed by atoms with Crippen LogP contribution < -0.4 is 10.1 Å². The first-order chi connectivity index (χ1) is 15.3. The largest absolute Gasteiger partial charge is 0.473 e. The first-order valence-corrected chi connectivity index (χ1v) is 12.0. The fourth-order valence-electron chi connectivity index (χ4n) is 3.16. The minimum absolute atomic E-state index is 0.0435. The van der Waals surface area contributed by atoms with Crippen LogP contribution in [0.5, 0.6) is 5.88 Å². The van der Waals surface area contributed by atoms with Crippen molar-refractivity contribution >= 4 is 22.1 Å². The Morgan fingerprint density at radius 3 is 2.39 bits per heavy atom. The van der Waals surface area contributed by atoms with Crippen molar-refractivity contribution in [2.24, 2.45) is 5.41 Å². The van der Waals surface area contributed by atoms with E-state index in [0.717, 1.165) is 0 Å². The first kappa shape index (κ1) is 26.6. The molecule has 0 atom stereocenters. The number of alkyl carbamates (subject to hydrolysis) is 1. The number of nitrogens with zero attached hydrogens (tertiary/aromatic N) is 2. The van der Waals surface area contributed by atoms with E-state index in [2.05, 4.69) is 16.9 Å². The lowest BCUT2D eigenvalue weighted by molar-refractivity contribution is -0.153. The van der Waals surface area contributed by atoms with Gasteiger partial charge in [0.15, 0.2) is 0 Å². The molecule has 1 amide bonds. The normalized spacial score (nSPS) is 16.5. The molecule has 33 heavy (non-hydrogen) atoms. The van der Waals surface area contributed by atoms with Gasteiger partial charge in [0.05, 0.1) is 18.7 Å². The number of aromatic nitrogens is 1. The van der Waals surface area contributed by atoms with Crippen molar-refractivity contribution in [3.63, 3.8) is 0 Å².